The highest BCUT2D eigenvalue weighted by Crippen LogP contribution is 2.61. The SMILES string of the molecule is C=C1CC[C@H]2[C@@](C)(CO)CC[C@@H](O)[C@]2(C)[C@H]1CCO. The maximum Gasteiger partial charge on any atom is 0.0602 e. The fraction of sp³-hybridized carbons (Fsp3) is 0.875. The molecule has 2 saturated carbocycles. The van der Waals surface area contributed by atoms with E-state index >= 15 is 0 Å². The second kappa shape index (κ2) is 5.19. The normalized spacial score (nSPS) is 47.0. The molecule has 5 atom stereocenters. The quantitative estimate of drug-likeness (QED) is 0.687. The van der Waals surface area contributed by atoms with Crippen molar-refractivity contribution in [3.63, 3.8) is 0 Å². The van der Waals surface area contributed by atoms with Crippen molar-refractivity contribution in [3.8, 4) is 0 Å². The van der Waals surface area contributed by atoms with Crippen LogP contribution in [0.25, 0.3) is 0 Å². The van der Waals surface area contributed by atoms with Gasteiger partial charge in [-0.1, -0.05) is 26.0 Å². The van der Waals surface area contributed by atoms with Gasteiger partial charge in [0.2, 0.25) is 0 Å². The van der Waals surface area contributed by atoms with Crippen LogP contribution in [0.4, 0.5) is 0 Å². The van der Waals surface area contributed by atoms with Crippen LogP contribution in [0.2, 0.25) is 0 Å². The number of allylic oxidation sites excluding steroid dienone is 1. The van der Waals surface area contributed by atoms with E-state index in [-0.39, 0.29) is 36.1 Å². The minimum absolute atomic E-state index is 0.109. The lowest BCUT2D eigenvalue weighted by Crippen LogP contribution is -2.58. The standard InChI is InChI=1S/C16H28O3/c1-11-4-5-13-15(2,10-18)8-6-14(19)16(13,3)12(11)7-9-17/h12-14,17-19H,1,4-10H2,2-3H3/t12-,13-,14+,15+,16+/m0/s1. The summed E-state index contributed by atoms with van der Waals surface area (Å²) in [5.41, 5.74) is 0.796. The van der Waals surface area contributed by atoms with E-state index in [1.54, 1.807) is 0 Å². The lowest BCUT2D eigenvalue weighted by Gasteiger charge is -2.60. The largest absolute Gasteiger partial charge is 0.396 e. The molecule has 0 aliphatic heterocycles. The summed E-state index contributed by atoms with van der Waals surface area (Å²) in [7, 11) is 0. The molecule has 19 heavy (non-hydrogen) atoms. The van der Waals surface area contributed by atoms with E-state index in [1.165, 1.54) is 0 Å². The number of fused-ring (bicyclic) bond motifs is 1. The minimum atomic E-state index is -0.356. The Balaban J connectivity index is 2.40. The summed E-state index contributed by atoms with van der Waals surface area (Å²) in [6.45, 7) is 8.77. The fourth-order valence-electron chi connectivity index (χ4n) is 4.85. The van der Waals surface area contributed by atoms with Gasteiger partial charge in [-0.25, -0.2) is 0 Å². The number of aliphatic hydroxyl groups is 3. The average Bonchev–Trinajstić information content (AvgIpc) is 2.39. The van der Waals surface area contributed by atoms with Crippen molar-refractivity contribution in [2.75, 3.05) is 13.2 Å². The molecule has 0 amide bonds. The van der Waals surface area contributed by atoms with Crippen LogP contribution in [0.15, 0.2) is 12.2 Å². The summed E-state index contributed by atoms with van der Waals surface area (Å²) in [5, 5.41) is 29.8. The summed E-state index contributed by atoms with van der Waals surface area (Å²) in [6.07, 6.45) is 3.87. The van der Waals surface area contributed by atoms with E-state index in [1.807, 2.05) is 0 Å². The van der Waals surface area contributed by atoms with Crippen LogP contribution in [0.5, 0.6) is 0 Å². The van der Waals surface area contributed by atoms with Gasteiger partial charge in [-0.15, -0.1) is 0 Å². The Hall–Kier alpha value is -0.380. The van der Waals surface area contributed by atoms with E-state index in [4.69, 9.17) is 0 Å². The lowest BCUT2D eigenvalue weighted by molar-refractivity contribution is -0.156. The molecule has 0 aromatic rings. The monoisotopic (exact) mass is 268 g/mol. The van der Waals surface area contributed by atoms with Gasteiger partial charge in [0.1, 0.15) is 0 Å². The van der Waals surface area contributed by atoms with Crippen LogP contribution in [-0.2, 0) is 0 Å². The molecule has 0 heterocycles. The maximum absolute atomic E-state index is 10.6. The third-order valence-corrected chi connectivity index (χ3v) is 6.08. The van der Waals surface area contributed by atoms with Gasteiger partial charge < -0.3 is 15.3 Å². The zero-order chi connectivity index (χ0) is 14.3. The Bertz CT molecular complexity index is 354. The molecule has 0 unspecified atom stereocenters. The molecule has 0 aromatic heterocycles. The summed E-state index contributed by atoms with van der Waals surface area (Å²) >= 11 is 0. The lowest BCUT2D eigenvalue weighted by atomic mass is 9.46. The first kappa shape index (κ1) is 15.0. The second-order valence-corrected chi connectivity index (χ2v) is 7.05. The first-order chi connectivity index (χ1) is 8.90. The molecule has 0 radical (unpaired) electrons. The van der Waals surface area contributed by atoms with E-state index < -0.39 is 0 Å². The number of hydrogen-bond acceptors (Lipinski definition) is 3. The van der Waals surface area contributed by atoms with E-state index in [0.717, 1.165) is 31.3 Å². The van der Waals surface area contributed by atoms with Crippen LogP contribution in [0, 0.1) is 22.7 Å². The molecule has 0 saturated heterocycles. The summed E-state index contributed by atoms with van der Waals surface area (Å²) in [6, 6.07) is 0. The highest BCUT2D eigenvalue weighted by molar-refractivity contribution is 5.18. The molecule has 0 spiro atoms. The zero-order valence-electron chi connectivity index (χ0n) is 12.2. The molecule has 0 aromatic carbocycles. The minimum Gasteiger partial charge on any atom is -0.396 e. The van der Waals surface area contributed by atoms with Gasteiger partial charge in [-0.3, -0.25) is 0 Å². The topological polar surface area (TPSA) is 60.7 Å². The number of hydrogen-bond donors (Lipinski definition) is 3. The highest BCUT2D eigenvalue weighted by Gasteiger charge is 2.58. The summed E-state index contributed by atoms with van der Waals surface area (Å²) in [4.78, 5) is 0. The molecule has 3 heteroatoms. The first-order valence-electron chi connectivity index (χ1n) is 7.47. The second-order valence-electron chi connectivity index (χ2n) is 7.05. The third kappa shape index (κ3) is 2.16. The van der Waals surface area contributed by atoms with E-state index in [0.29, 0.717) is 12.3 Å². The predicted molar refractivity (Wildman–Crippen MR) is 75.6 cm³/mol. The molecule has 2 aliphatic carbocycles. The van der Waals surface area contributed by atoms with Gasteiger partial charge in [0.15, 0.2) is 0 Å². The molecular formula is C16H28O3. The van der Waals surface area contributed by atoms with Crippen LogP contribution in [0.3, 0.4) is 0 Å². The molecule has 3 N–H and O–H groups in total. The van der Waals surface area contributed by atoms with Gasteiger partial charge >= 0.3 is 0 Å². The molecule has 3 nitrogen and oxygen atoms in total. The van der Waals surface area contributed by atoms with Crippen molar-refractivity contribution in [2.24, 2.45) is 22.7 Å². The van der Waals surface area contributed by atoms with Crippen LogP contribution in [0.1, 0.15) is 46.0 Å². The zero-order valence-corrected chi connectivity index (χ0v) is 12.2. The average molecular weight is 268 g/mol. The molecule has 110 valence electrons. The Kier molecular flexibility index (Phi) is 4.10. The molecule has 0 bridgehead atoms. The Morgan fingerprint density at radius 3 is 2.53 bits per heavy atom. The molecule has 2 aliphatic rings. The summed E-state index contributed by atoms with van der Waals surface area (Å²) in [5.74, 6) is 0.466. The Morgan fingerprint density at radius 2 is 1.95 bits per heavy atom. The van der Waals surface area contributed by atoms with Crippen LogP contribution in [-0.4, -0.2) is 34.6 Å². The van der Waals surface area contributed by atoms with Crippen molar-refractivity contribution in [1.82, 2.24) is 0 Å². The van der Waals surface area contributed by atoms with Crippen LogP contribution >= 0.6 is 0 Å². The Morgan fingerprint density at radius 1 is 1.26 bits per heavy atom. The smallest absolute Gasteiger partial charge is 0.0602 e. The maximum atomic E-state index is 10.6. The number of rotatable bonds is 3. The highest BCUT2D eigenvalue weighted by atomic mass is 16.3. The molecule has 2 fully saturated rings. The van der Waals surface area contributed by atoms with Gasteiger partial charge in [-0.2, -0.15) is 0 Å². The summed E-state index contributed by atoms with van der Waals surface area (Å²) < 4.78 is 0. The molecule has 2 rings (SSSR count). The van der Waals surface area contributed by atoms with Crippen molar-refractivity contribution in [1.29, 1.82) is 0 Å². The first-order valence-corrected chi connectivity index (χ1v) is 7.47. The van der Waals surface area contributed by atoms with Crippen molar-refractivity contribution in [2.45, 2.75) is 52.1 Å². The van der Waals surface area contributed by atoms with Crippen molar-refractivity contribution < 1.29 is 15.3 Å². The van der Waals surface area contributed by atoms with Crippen molar-refractivity contribution in [3.05, 3.63) is 12.2 Å². The predicted octanol–water partition coefficient (Wildman–Crippen LogP) is 2.11. The van der Waals surface area contributed by atoms with Gasteiger partial charge in [0.05, 0.1) is 6.10 Å². The van der Waals surface area contributed by atoms with Gasteiger partial charge in [0.25, 0.3) is 0 Å². The van der Waals surface area contributed by atoms with Gasteiger partial charge in [0, 0.05) is 18.6 Å². The van der Waals surface area contributed by atoms with E-state index in [9.17, 15) is 15.3 Å². The van der Waals surface area contributed by atoms with E-state index in [2.05, 4.69) is 20.4 Å². The Labute approximate surface area is 116 Å². The van der Waals surface area contributed by atoms with Crippen LogP contribution < -0.4 is 0 Å². The van der Waals surface area contributed by atoms with Gasteiger partial charge in [-0.05, 0) is 49.4 Å². The number of aliphatic hydroxyl groups excluding tert-OH is 3. The third-order valence-electron chi connectivity index (χ3n) is 6.08. The van der Waals surface area contributed by atoms with Crippen molar-refractivity contribution >= 4 is 0 Å². The fourth-order valence-corrected chi connectivity index (χ4v) is 4.85. The molecular weight excluding hydrogens is 240 g/mol.